The first-order chi connectivity index (χ1) is 10.6. The van der Waals surface area contributed by atoms with Crippen molar-refractivity contribution in [1.82, 2.24) is 15.2 Å². The van der Waals surface area contributed by atoms with Crippen molar-refractivity contribution in [3.05, 3.63) is 29.4 Å². The van der Waals surface area contributed by atoms with E-state index < -0.39 is 22.9 Å². The van der Waals surface area contributed by atoms with Gasteiger partial charge in [-0.25, -0.2) is 4.79 Å². The highest BCUT2D eigenvalue weighted by Gasteiger charge is 2.54. The van der Waals surface area contributed by atoms with E-state index in [2.05, 4.69) is 10.6 Å². The number of rotatable bonds is 2. The number of carbonyl (C=O) groups is 2. The number of halogens is 1. The number of benzene rings is 1. The highest BCUT2D eigenvalue weighted by Crippen LogP contribution is 2.37. The average molecular weight is 336 g/mol. The minimum Gasteiger partial charge on any atom is -0.494 e. The Morgan fingerprint density at radius 2 is 2.00 bits per heavy atom. The smallest absolute Gasteiger partial charge is 0.322 e. The normalized spacial score (nSPS) is 21.6. The van der Waals surface area contributed by atoms with Gasteiger partial charge in [0.1, 0.15) is 5.54 Å². The largest absolute Gasteiger partial charge is 0.494 e. The maximum atomic E-state index is 12.4. The molecule has 1 saturated heterocycles. The summed E-state index contributed by atoms with van der Waals surface area (Å²) in [5.41, 5.74) is -1.70. The first-order valence-corrected chi connectivity index (χ1v) is 7.63. The quantitative estimate of drug-likeness (QED) is 0.738. The van der Waals surface area contributed by atoms with Gasteiger partial charge in [0.2, 0.25) is 0 Å². The number of carbonyl (C=O) groups excluding carboxylic acids is 2. The van der Waals surface area contributed by atoms with E-state index in [1.807, 2.05) is 20.8 Å². The van der Waals surface area contributed by atoms with Crippen LogP contribution in [0.2, 0.25) is 5.02 Å². The molecule has 1 aliphatic heterocycles. The third kappa shape index (κ3) is 2.34. The number of nitrogens with one attached hydrogen (secondary N) is 2. The van der Waals surface area contributed by atoms with E-state index in [4.69, 9.17) is 11.6 Å². The number of nitrogens with zero attached hydrogens (tertiary/aromatic N) is 1. The van der Waals surface area contributed by atoms with Crippen molar-refractivity contribution in [2.24, 2.45) is 5.41 Å². The molecule has 0 saturated carbocycles. The number of aromatic hydroxyl groups is 1. The molecule has 1 fully saturated rings. The Kier molecular flexibility index (Phi) is 3.33. The molecule has 3 amide bonds. The van der Waals surface area contributed by atoms with Crippen LogP contribution in [0.15, 0.2) is 24.4 Å². The Balaban J connectivity index is 2.10. The lowest BCUT2D eigenvalue weighted by atomic mass is 9.73. The number of amides is 3. The molecule has 0 radical (unpaired) electrons. The second-order valence-electron chi connectivity index (χ2n) is 6.88. The highest BCUT2D eigenvalue weighted by atomic mass is 35.5. The summed E-state index contributed by atoms with van der Waals surface area (Å²) < 4.78 is 1.57. The standard InChI is InChI=1S/C16H18ClN3O3/c1-15(2,3)16(13(22)18-14(23)19-16)8-20-7-9-4-5-10(17)6-11(9)12(20)21/h4-7,21H,8H2,1-3H3,(H2,18,19,22,23). The predicted molar refractivity (Wildman–Crippen MR) is 87.5 cm³/mol. The topological polar surface area (TPSA) is 83.4 Å². The highest BCUT2D eigenvalue weighted by molar-refractivity contribution is 6.31. The maximum absolute atomic E-state index is 12.4. The monoisotopic (exact) mass is 335 g/mol. The van der Waals surface area contributed by atoms with E-state index in [1.54, 1.807) is 29.0 Å². The molecule has 23 heavy (non-hydrogen) atoms. The molecule has 0 bridgehead atoms. The van der Waals surface area contributed by atoms with Crippen LogP contribution in [0.25, 0.3) is 10.8 Å². The minimum absolute atomic E-state index is 0.0140. The van der Waals surface area contributed by atoms with Crippen LogP contribution in [0, 0.1) is 5.41 Å². The van der Waals surface area contributed by atoms with Gasteiger partial charge in [-0.2, -0.15) is 0 Å². The van der Waals surface area contributed by atoms with E-state index >= 15 is 0 Å². The van der Waals surface area contributed by atoms with Crippen LogP contribution in [0.4, 0.5) is 4.79 Å². The van der Waals surface area contributed by atoms with Crippen molar-refractivity contribution in [3.63, 3.8) is 0 Å². The van der Waals surface area contributed by atoms with Crippen molar-refractivity contribution in [2.45, 2.75) is 32.9 Å². The van der Waals surface area contributed by atoms with Gasteiger partial charge in [0.15, 0.2) is 5.88 Å². The van der Waals surface area contributed by atoms with Crippen LogP contribution in [-0.2, 0) is 11.3 Å². The molecule has 1 atom stereocenters. The molecular weight excluding hydrogens is 318 g/mol. The number of hydrogen-bond donors (Lipinski definition) is 3. The first kappa shape index (κ1) is 15.7. The first-order valence-electron chi connectivity index (χ1n) is 7.25. The van der Waals surface area contributed by atoms with Gasteiger partial charge in [0, 0.05) is 22.0 Å². The molecule has 2 heterocycles. The van der Waals surface area contributed by atoms with Gasteiger partial charge in [-0.05, 0) is 17.5 Å². The van der Waals surface area contributed by atoms with Gasteiger partial charge >= 0.3 is 6.03 Å². The second-order valence-corrected chi connectivity index (χ2v) is 7.31. The summed E-state index contributed by atoms with van der Waals surface area (Å²) in [5, 5.41) is 17.4. The van der Waals surface area contributed by atoms with Crippen molar-refractivity contribution in [1.29, 1.82) is 0 Å². The van der Waals surface area contributed by atoms with Crippen LogP contribution >= 0.6 is 11.6 Å². The fourth-order valence-electron chi connectivity index (χ4n) is 2.96. The average Bonchev–Trinajstić information content (AvgIpc) is 2.89. The molecule has 1 aromatic heterocycles. The molecule has 1 aliphatic rings. The molecule has 0 aliphatic carbocycles. The van der Waals surface area contributed by atoms with Crippen molar-refractivity contribution in [2.75, 3.05) is 0 Å². The van der Waals surface area contributed by atoms with Gasteiger partial charge in [-0.1, -0.05) is 38.4 Å². The Hall–Kier alpha value is -2.21. The molecule has 3 N–H and O–H groups in total. The van der Waals surface area contributed by atoms with E-state index in [0.29, 0.717) is 10.4 Å². The SMILES string of the molecule is CC(C)(C)C1(Cn2cc3ccc(Cl)cc3c2O)NC(=O)NC1=O. The minimum atomic E-state index is -1.15. The Morgan fingerprint density at radius 1 is 1.30 bits per heavy atom. The third-order valence-electron chi connectivity index (χ3n) is 4.45. The summed E-state index contributed by atoms with van der Waals surface area (Å²) in [6, 6.07) is 4.67. The molecule has 0 spiro atoms. The summed E-state index contributed by atoms with van der Waals surface area (Å²) in [5.74, 6) is -0.384. The summed E-state index contributed by atoms with van der Waals surface area (Å²) in [4.78, 5) is 24.1. The zero-order valence-electron chi connectivity index (χ0n) is 13.1. The molecule has 7 heteroatoms. The fraction of sp³-hybridized carbons (Fsp3) is 0.375. The van der Waals surface area contributed by atoms with Crippen molar-refractivity contribution >= 4 is 34.3 Å². The van der Waals surface area contributed by atoms with Crippen molar-refractivity contribution < 1.29 is 14.7 Å². The zero-order valence-corrected chi connectivity index (χ0v) is 13.9. The van der Waals surface area contributed by atoms with Crippen LogP contribution in [0.1, 0.15) is 20.8 Å². The molecule has 1 unspecified atom stereocenters. The van der Waals surface area contributed by atoms with Crippen LogP contribution < -0.4 is 10.6 Å². The summed E-state index contributed by atoms with van der Waals surface area (Å²) in [7, 11) is 0. The molecule has 3 rings (SSSR count). The molecule has 6 nitrogen and oxygen atoms in total. The van der Waals surface area contributed by atoms with E-state index in [-0.39, 0.29) is 12.4 Å². The Morgan fingerprint density at radius 3 is 2.57 bits per heavy atom. The third-order valence-corrected chi connectivity index (χ3v) is 4.69. The molecule has 122 valence electrons. The fourth-order valence-corrected chi connectivity index (χ4v) is 3.13. The van der Waals surface area contributed by atoms with Crippen LogP contribution in [-0.4, -0.2) is 27.2 Å². The Labute approximate surface area is 138 Å². The number of imide groups is 1. The lowest BCUT2D eigenvalue weighted by molar-refractivity contribution is -0.128. The number of urea groups is 1. The Bertz CT molecular complexity index is 822. The van der Waals surface area contributed by atoms with Crippen LogP contribution in [0.5, 0.6) is 5.88 Å². The second kappa shape index (κ2) is 4.89. The summed E-state index contributed by atoms with van der Waals surface area (Å²) in [6.07, 6.45) is 1.74. The molecular formula is C16H18ClN3O3. The number of aromatic nitrogens is 1. The number of fused-ring (bicyclic) bond motifs is 1. The molecule has 2 aromatic rings. The van der Waals surface area contributed by atoms with Gasteiger partial charge < -0.3 is 15.0 Å². The summed E-state index contributed by atoms with van der Waals surface area (Å²) in [6.45, 7) is 5.73. The maximum Gasteiger partial charge on any atom is 0.322 e. The number of hydrogen-bond acceptors (Lipinski definition) is 3. The van der Waals surface area contributed by atoms with Gasteiger partial charge in [-0.15, -0.1) is 0 Å². The van der Waals surface area contributed by atoms with Crippen molar-refractivity contribution in [3.8, 4) is 5.88 Å². The van der Waals surface area contributed by atoms with E-state index in [9.17, 15) is 14.7 Å². The van der Waals surface area contributed by atoms with Gasteiger partial charge in [0.05, 0.1) is 6.54 Å². The van der Waals surface area contributed by atoms with E-state index in [1.165, 1.54) is 0 Å². The lowest BCUT2D eigenvalue weighted by Crippen LogP contribution is -2.59. The van der Waals surface area contributed by atoms with Gasteiger partial charge in [-0.3, -0.25) is 10.1 Å². The van der Waals surface area contributed by atoms with Gasteiger partial charge in [0.25, 0.3) is 5.91 Å². The predicted octanol–water partition coefficient (Wildman–Crippen LogP) is 2.62. The zero-order chi connectivity index (χ0) is 17.0. The summed E-state index contributed by atoms with van der Waals surface area (Å²) >= 11 is 5.97. The molecule has 1 aromatic carbocycles. The lowest BCUT2D eigenvalue weighted by Gasteiger charge is -2.39. The van der Waals surface area contributed by atoms with Crippen LogP contribution in [0.3, 0.4) is 0 Å². The van der Waals surface area contributed by atoms with E-state index in [0.717, 1.165) is 5.39 Å².